The van der Waals surface area contributed by atoms with Gasteiger partial charge in [-0.3, -0.25) is 9.59 Å². The largest absolute Gasteiger partial charge is 0.480 e. The first-order valence-electron chi connectivity index (χ1n) is 11.1. The van der Waals surface area contributed by atoms with Crippen LogP contribution < -0.4 is 5.32 Å². The number of carboxylic acids is 1. The number of hydrogen-bond donors (Lipinski definition) is 2. The van der Waals surface area contributed by atoms with Gasteiger partial charge in [0, 0.05) is 6.61 Å². The van der Waals surface area contributed by atoms with Crippen LogP contribution in [0.2, 0.25) is 0 Å². The Balaban J connectivity index is 1.63. The summed E-state index contributed by atoms with van der Waals surface area (Å²) in [7, 11) is 0. The molecule has 0 aromatic heterocycles. The van der Waals surface area contributed by atoms with E-state index in [1.165, 1.54) is 4.90 Å². The fraction of sp³-hybridized carbons (Fsp3) is 0.609. The molecular weight excluding hydrogens is 400 g/mol. The minimum Gasteiger partial charge on any atom is -0.480 e. The second-order valence-electron chi connectivity index (χ2n) is 8.12. The summed E-state index contributed by atoms with van der Waals surface area (Å²) in [6.07, 6.45) is 2.10. The van der Waals surface area contributed by atoms with Gasteiger partial charge in [-0.25, -0.2) is 4.79 Å². The Morgan fingerprint density at radius 1 is 1.23 bits per heavy atom. The maximum Gasteiger partial charge on any atom is 0.326 e. The molecule has 3 rings (SSSR count). The van der Waals surface area contributed by atoms with Crippen molar-refractivity contribution in [2.24, 2.45) is 0 Å². The molecule has 2 fully saturated rings. The van der Waals surface area contributed by atoms with E-state index in [2.05, 4.69) is 5.32 Å². The SMILES string of the molecule is CCOC(=O)C(CCN[C@@H](C)C(=O)N1C(C(=O)O)CCC2OCCC21)c1ccccc1. The summed E-state index contributed by atoms with van der Waals surface area (Å²) in [4.78, 5) is 38.9. The number of likely N-dealkylation sites (tertiary alicyclic amines) is 1. The predicted octanol–water partition coefficient (Wildman–Crippen LogP) is 1.93. The van der Waals surface area contributed by atoms with Crippen LogP contribution in [0.4, 0.5) is 0 Å². The number of carboxylic acid groups (broad SMARTS) is 1. The lowest BCUT2D eigenvalue weighted by Crippen LogP contribution is -2.60. The molecule has 0 radical (unpaired) electrons. The Kier molecular flexibility index (Phi) is 8.03. The lowest BCUT2D eigenvalue weighted by atomic mass is 9.91. The van der Waals surface area contributed by atoms with Crippen LogP contribution in [-0.2, 0) is 23.9 Å². The molecule has 0 bridgehead atoms. The average Bonchev–Trinajstić information content (AvgIpc) is 3.25. The van der Waals surface area contributed by atoms with Gasteiger partial charge in [0.05, 0.1) is 30.7 Å². The number of hydrogen-bond acceptors (Lipinski definition) is 6. The Morgan fingerprint density at radius 3 is 2.65 bits per heavy atom. The van der Waals surface area contributed by atoms with Crippen molar-refractivity contribution in [2.75, 3.05) is 19.8 Å². The van der Waals surface area contributed by atoms with Crippen LogP contribution in [0.5, 0.6) is 0 Å². The standard InChI is InChI=1S/C23H32N2O6/c1-3-30-23(29)17(16-7-5-4-6-8-16)11-13-24-15(2)21(26)25-18-12-14-31-20(18)10-9-19(25)22(27)28/h4-8,15,17-20,24H,3,9-14H2,1-2H3,(H,27,28)/t15-,17?,18?,19?,20?/m0/s1. The van der Waals surface area contributed by atoms with E-state index in [0.29, 0.717) is 45.4 Å². The number of piperidine rings is 1. The van der Waals surface area contributed by atoms with Crippen LogP contribution in [0.1, 0.15) is 51.0 Å². The number of carbonyl (C=O) groups is 3. The van der Waals surface area contributed by atoms with Gasteiger partial charge >= 0.3 is 11.9 Å². The van der Waals surface area contributed by atoms with Gasteiger partial charge in [0.15, 0.2) is 0 Å². The summed E-state index contributed by atoms with van der Waals surface area (Å²) < 4.78 is 10.9. The first-order chi connectivity index (χ1) is 14.9. The number of aliphatic carboxylic acids is 1. The maximum atomic E-state index is 13.2. The van der Waals surface area contributed by atoms with Gasteiger partial charge in [0.1, 0.15) is 6.04 Å². The summed E-state index contributed by atoms with van der Waals surface area (Å²) in [6.45, 7) is 4.78. The van der Waals surface area contributed by atoms with Gasteiger partial charge in [-0.2, -0.15) is 0 Å². The van der Waals surface area contributed by atoms with Crippen molar-refractivity contribution in [2.45, 2.75) is 69.7 Å². The molecule has 1 aromatic rings. The van der Waals surface area contributed by atoms with Gasteiger partial charge < -0.3 is 24.8 Å². The zero-order chi connectivity index (χ0) is 22.4. The smallest absolute Gasteiger partial charge is 0.326 e. The minimum absolute atomic E-state index is 0.0852. The van der Waals surface area contributed by atoms with Crippen LogP contribution in [0.15, 0.2) is 30.3 Å². The van der Waals surface area contributed by atoms with Crippen molar-refractivity contribution >= 4 is 17.8 Å². The number of carbonyl (C=O) groups excluding carboxylic acids is 2. The molecule has 2 saturated heterocycles. The zero-order valence-corrected chi connectivity index (χ0v) is 18.2. The molecule has 1 amide bonds. The molecule has 1 aromatic carbocycles. The van der Waals surface area contributed by atoms with Crippen LogP contribution in [0.25, 0.3) is 0 Å². The number of nitrogens with one attached hydrogen (secondary N) is 1. The molecule has 2 aliphatic rings. The van der Waals surface area contributed by atoms with E-state index >= 15 is 0 Å². The summed E-state index contributed by atoms with van der Waals surface area (Å²) in [6, 6.07) is 7.85. The van der Waals surface area contributed by atoms with Crippen molar-refractivity contribution in [1.82, 2.24) is 10.2 Å². The Hall–Kier alpha value is -2.45. The van der Waals surface area contributed by atoms with Gasteiger partial charge in [0.25, 0.3) is 0 Å². The molecule has 170 valence electrons. The summed E-state index contributed by atoms with van der Waals surface area (Å²) >= 11 is 0. The number of amides is 1. The molecular formula is C23H32N2O6. The van der Waals surface area contributed by atoms with Gasteiger partial charge in [-0.15, -0.1) is 0 Å². The second kappa shape index (κ2) is 10.7. The molecule has 8 nitrogen and oxygen atoms in total. The van der Waals surface area contributed by atoms with E-state index < -0.39 is 24.0 Å². The zero-order valence-electron chi connectivity index (χ0n) is 18.2. The van der Waals surface area contributed by atoms with Crippen LogP contribution in [-0.4, -0.2) is 71.8 Å². The third-order valence-electron chi connectivity index (χ3n) is 6.16. The molecule has 31 heavy (non-hydrogen) atoms. The van der Waals surface area contributed by atoms with Crippen molar-refractivity contribution < 1.29 is 29.0 Å². The quantitative estimate of drug-likeness (QED) is 0.575. The average molecular weight is 433 g/mol. The van der Waals surface area contributed by atoms with E-state index in [4.69, 9.17) is 9.47 Å². The molecule has 2 N–H and O–H groups in total. The first kappa shape index (κ1) is 23.2. The van der Waals surface area contributed by atoms with Crippen molar-refractivity contribution in [3.8, 4) is 0 Å². The Morgan fingerprint density at radius 2 is 1.97 bits per heavy atom. The highest BCUT2D eigenvalue weighted by atomic mass is 16.5. The maximum absolute atomic E-state index is 13.2. The molecule has 0 aliphatic carbocycles. The monoisotopic (exact) mass is 432 g/mol. The van der Waals surface area contributed by atoms with E-state index in [-0.39, 0.29) is 24.0 Å². The second-order valence-corrected chi connectivity index (χ2v) is 8.12. The predicted molar refractivity (Wildman–Crippen MR) is 114 cm³/mol. The van der Waals surface area contributed by atoms with Crippen LogP contribution in [0.3, 0.4) is 0 Å². The molecule has 2 heterocycles. The van der Waals surface area contributed by atoms with Crippen molar-refractivity contribution in [1.29, 1.82) is 0 Å². The highest BCUT2D eigenvalue weighted by molar-refractivity contribution is 5.87. The molecule has 5 atom stereocenters. The fourth-order valence-electron chi connectivity index (χ4n) is 4.59. The van der Waals surface area contributed by atoms with Gasteiger partial charge in [-0.1, -0.05) is 30.3 Å². The molecule has 0 saturated carbocycles. The van der Waals surface area contributed by atoms with E-state index in [0.717, 1.165) is 5.56 Å². The number of rotatable bonds is 9. The van der Waals surface area contributed by atoms with E-state index in [9.17, 15) is 19.5 Å². The number of nitrogens with zero attached hydrogens (tertiary/aromatic N) is 1. The molecule has 2 aliphatic heterocycles. The van der Waals surface area contributed by atoms with Crippen molar-refractivity contribution in [3.63, 3.8) is 0 Å². The van der Waals surface area contributed by atoms with Gasteiger partial charge in [-0.05, 0) is 51.6 Å². The molecule has 4 unspecified atom stereocenters. The minimum atomic E-state index is -0.975. The molecule has 0 spiro atoms. The van der Waals surface area contributed by atoms with Crippen LogP contribution >= 0.6 is 0 Å². The Labute approximate surface area is 182 Å². The lowest BCUT2D eigenvalue weighted by Gasteiger charge is -2.42. The first-order valence-corrected chi connectivity index (χ1v) is 11.1. The highest BCUT2D eigenvalue weighted by Gasteiger charge is 2.46. The normalized spacial score (nSPS) is 24.8. The topological polar surface area (TPSA) is 105 Å². The number of esters is 1. The number of fused-ring (bicyclic) bond motifs is 1. The number of ether oxygens (including phenoxy) is 2. The van der Waals surface area contributed by atoms with E-state index in [1.54, 1.807) is 13.8 Å². The van der Waals surface area contributed by atoms with Gasteiger partial charge in [0.2, 0.25) is 5.91 Å². The molecule has 8 heteroatoms. The van der Waals surface area contributed by atoms with Crippen molar-refractivity contribution in [3.05, 3.63) is 35.9 Å². The number of benzene rings is 1. The third-order valence-corrected chi connectivity index (χ3v) is 6.16. The summed E-state index contributed by atoms with van der Waals surface area (Å²) in [5, 5.41) is 12.8. The van der Waals surface area contributed by atoms with E-state index in [1.807, 2.05) is 30.3 Å². The fourth-order valence-corrected chi connectivity index (χ4v) is 4.59. The Bertz CT molecular complexity index is 771. The lowest BCUT2D eigenvalue weighted by molar-refractivity contribution is -0.158. The summed E-state index contributed by atoms with van der Waals surface area (Å²) in [5.41, 5.74) is 0.870. The summed E-state index contributed by atoms with van der Waals surface area (Å²) in [5.74, 6) is -1.93. The third kappa shape index (κ3) is 5.43. The highest BCUT2D eigenvalue weighted by Crippen LogP contribution is 2.32. The van der Waals surface area contributed by atoms with Crippen LogP contribution in [0, 0.1) is 0 Å².